The van der Waals surface area contributed by atoms with Crippen molar-refractivity contribution in [2.75, 3.05) is 6.61 Å². The van der Waals surface area contributed by atoms with Gasteiger partial charge in [-0.25, -0.2) is 0 Å². The third-order valence-corrected chi connectivity index (χ3v) is 6.02. The molecule has 4 unspecified atom stereocenters. The van der Waals surface area contributed by atoms with E-state index in [1.165, 1.54) is 43.2 Å². The Hall–Kier alpha value is -0.730. The molecule has 2 nitrogen and oxygen atoms in total. The second-order valence-corrected chi connectivity index (χ2v) is 7.72. The van der Waals surface area contributed by atoms with E-state index in [2.05, 4.69) is 0 Å². The summed E-state index contributed by atoms with van der Waals surface area (Å²) >= 11 is 6.24. The summed E-state index contributed by atoms with van der Waals surface area (Å²) in [6.07, 6.45) is 8.84. The fourth-order valence-corrected chi connectivity index (χ4v) is 5.18. The van der Waals surface area contributed by atoms with Crippen LogP contribution in [0, 0.1) is 17.8 Å². The smallest absolute Gasteiger partial charge is 0.125 e. The molecule has 2 fully saturated rings. The highest BCUT2D eigenvalue weighted by Gasteiger charge is 2.39. The lowest BCUT2D eigenvalue weighted by molar-refractivity contribution is 0.292. The minimum absolute atomic E-state index is 0.237. The van der Waals surface area contributed by atoms with Gasteiger partial charge in [0.05, 0.1) is 6.61 Å². The maximum atomic E-state index is 6.46. The summed E-state index contributed by atoms with van der Waals surface area (Å²) in [6, 6.07) is 4.32. The van der Waals surface area contributed by atoms with Crippen molar-refractivity contribution in [3.8, 4) is 5.75 Å². The molecule has 0 amide bonds. The van der Waals surface area contributed by atoms with E-state index in [1.54, 1.807) is 0 Å². The Kier molecular flexibility index (Phi) is 3.63. The van der Waals surface area contributed by atoms with Crippen LogP contribution in [-0.4, -0.2) is 12.6 Å². The highest BCUT2D eigenvalue weighted by atomic mass is 35.5. The fourth-order valence-electron chi connectivity index (χ4n) is 4.92. The van der Waals surface area contributed by atoms with Crippen LogP contribution in [0.3, 0.4) is 0 Å². The SMILES string of the molecule is NC(Cc1cc(Cl)cc2c1OCC2)CC1CC2CCC1C2. The van der Waals surface area contributed by atoms with Crippen molar-refractivity contribution >= 4 is 11.6 Å². The average Bonchev–Trinajstić information content (AvgIpc) is 3.12. The van der Waals surface area contributed by atoms with Crippen LogP contribution in [0.4, 0.5) is 0 Å². The summed E-state index contributed by atoms with van der Waals surface area (Å²) in [5.74, 6) is 3.89. The molecule has 1 heterocycles. The van der Waals surface area contributed by atoms with E-state index in [1.807, 2.05) is 12.1 Å². The zero-order valence-corrected chi connectivity index (χ0v) is 13.2. The van der Waals surface area contributed by atoms with Gasteiger partial charge < -0.3 is 10.5 Å². The minimum Gasteiger partial charge on any atom is -0.493 e. The predicted octanol–water partition coefficient (Wildman–Crippen LogP) is 3.97. The summed E-state index contributed by atoms with van der Waals surface area (Å²) in [4.78, 5) is 0. The molecule has 2 aliphatic carbocycles. The Labute approximate surface area is 132 Å². The second kappa shape index (κ2) is 5.48. The maximum Gasteiger partial charge on any atom is 0.125 e. The van der Waals surface area contributed by atoms with Crippen molar-refractivity contribution in [1.82, 2.24) is 0 Å². The molecule has 0 spiro atoms. The maximum absolute atomic E-state index is 6.46. The summed E-state index contributed by atoms with van der Waals surface area (Å²) in [5, 5.41) is 0.821. The summed E-state index contributed by atoms with van der Waals surface area (Å²) in [5.41, 5.74) is 8.93. The molecular weight excluding hydrogens is 282 g/mol. The molecule has 3 heteroatoms. The fraction of sp³-hybridized carbons (Fsp3) is 0.667. The normalized spacial score (nSPS) is 31.2. The number of hydrogen-bond donors (Lipinski definition) is 1. The Morgan fingerprint density at radius 3 is 2.95 bits per heavy atom. The first-order chi connectivity index (χ1) is 10.2. The molecule has 0 saturated heterocycles. The number of rotatable bonds is 4. The molecular formula is C18H24ClNO. The lowest BCUT2D eigenvalue weighted by atomic mass is 9.83. The second-order valence-electron chi connectivity index (χ2n) is 7.29. The molecule has 0 aromatic heterocycles. The first-order valence-corrected chi connectivity index (χ1v) is 8.76. The number of hydrogen-bond acceptors (Lipinski definition) is 2. The van der Waals surface area contributed by atoms with Crippen molar-refractivity contribution in [2.24, 2.45) is 23.5 Å². The molecule has 114 valence electrons. The number of nitrogens with two attached hydrogens (primary N) is 1. The van der Waals surface area contributed by atoms with Crippen molar-refractivity contribution in [3.05, 3.63) is 28.3 Å². The van der Waals surface area contributed by atoms with Gasteiger partial charge in [-0.3, -0.25) is 0 Å². The van der Waals surface area contributed by atoms with Gasteiger partial charge in [-0.2, -0.15) is 0 Å². The van der Waals surface area contributed by atoms with Gasteiger partial charge in [-0.1, -0.05) is 18.0 Å². The molecule has 1 aromatic carbocycles. The van der Waals surface area contributed by atoms with Crippen LogP contribution in [0.25, 0.3) is 0 Å². The molecule has 4 rings (SSSR count). The van der Waals surface area contributed by atoms with Gasteiger partial charge in [0.1, 0.15) is 5.75 Å². The molecule has 21 heavy (non-hydrogen) atoms. The van der Waals surface area contributed by atoms with E-state index in [4.69, 9.17) is 22.1 Å². The third kappa shape index (κ3) is 2.68. The topological polar surface area (TPSA) is 35.2 Å². The van der Waals surface area contributed by atoms with Crippen molar-refractivity contribution in [1.29, 1.82) is 0 Å². The van der Waals surface area contributed by atoms with Gasteiger partial charge in [0.2, 0.25) is 0 Å². The van der Waals surface area contributed by atoms with Gasteiger partial charge in [0, 0.05) is 17.5 Å². The lowest BCUT2D eigenvalue weighted by Crippen LogP contribution is -2.28. The lowest BCUT2D eigenvalue weighted by Gasteiger charge is -2.25. The van der Waals surface area contributed by atoms with Crippen molar-refractivity contribution in [2.45, 2.75) is 51.0 Å². The zero-order chi connectivity index (χ0) is 14.4. The standard InChI is InChI=1S/C18H24ClNO/c19-16-7-13-3-4-21-18(13)15(8-16)10-17(20)9-14-6-11-1-2-12(14)5-11/h7-8,11-12,14,17H,1-6,9-10,20H2. The highest BCUT2D eigenvalue weighted by molar-refractivity contribution is 6.30. The van der Waals surface area contributed by atoms with Crippen LogP contribution < -0.4 is 10.5 Å². The molecule has 4 atom stereocenters. The van der Waals surface area contributed by atoms with E-state index >= 15 is 0 Å². The van der Waals surface area contributed by atoms with E-state index < -0.39 is 0 Å². The van der Waals surface area contributed by atoms with E-state index in [0.717, 1.165) is 48.0 Å². The monoisotopic (exact) mass is 305 g/mol. The molecule has 2 N–H and O–H groups in total. The quantitative estimate of drug-likeness (QED) is 0.913. The van der Waals surface area contributed by atoms with E-state index in [0.29, 0.717) is 0 Å². The van der Waals surface area contributed by atoms with E-state index in [9.17, 15) is 0 Å². The minimum atomic E-state index is 0.237. The molecule has 2 saturated carbocycles. The Morgan fingerprint density at radius 2 is 2.19 bits per heavy atom. The van der Waals surface area contributed by atoms with Crippen LogP contribution in [-0.2, 0) is 12.8 Å². The average molecular weight is 306 g/mol. The zero-order valence-electron chi connectivity index (χ0n) is 12.5. The Balaban J connectivity index is 1.44. The number of halogens is 1. The number of benzene rings is 1. The number of ether oxygens (including phenoxy) is 1. The van der Waals surface area contributed by atoms with Crippen molar-refractivity contribution < 1.29 is 4.74 Å². The number of fused-ring (bicyclic) bond motifs is 3. The molecule has 1 aliphatic heterocycles. The van der Waals surface area contributed by atoms with Crippen LogP contribution >= 0.6 is 11.6 Å². The largest absolute Gasteiger partial charge is 0.493 e. The van der Waals surface area contributed by atoms with E-state index in [-0.39, 0.29) is 6.04 Å². The molecule has 3 aliphatic rings. The van der Waals surface area contributed by atoms with Gasteiger partial charge in [-0.15, -0.1) is 0 Å². The Bertz CT molecular complexity index is 544. The van der Waals surface area contributed by atoms with Crippen LogP contribution in [0.5, 0.6) is 5.75 Å². The Morgan fingerprint density at radius 1 is 1.29 bits per heavy atom. The molecule has 0 radical (unpaired) electrons. The first kappa shape index (κ1) is 13.9. The first-order valence-electron chi connectivity index (χ1n) is 8.38. The van der Waals surface area contributed by atoms with Gasteiger partial charge in [0.15, 0.2) is 0 Å². The van der Waals surface area contributed by atoms with Crippen molar-refractivity contribution in [3.63, 3.8) is 0 Å². The third-order valence-electron chi connectivity index (χ3n) is 5.80. The van der Waals surface area contributed by atoms with Gasteiger partial charge in [0.25, 0.3) is 0 Å². The molecule has 1 aromatic rings. The summed E-state index contributed by atoms with van der Waals surface area (Å²) in [6.45, 7) is 0.782. The van der Waals surface area contributed by atoms with Crippen LogP contribution in [0.15, 0.2) is 12.1 Å². The van der Waals surface area contributed by atoms with Gasteiger partial charge >= 0.3 is 0 Å². The predicted molar refractivity (Wildman–Crippen MR) is 85.9 cm³/mol. The van der Waals surface area contributed by atoms with Gasteiger partial charge in [-0.05, 0) is 73.1 Å². The van der Waals surface area contributed by atoms with Crippen LogP contribution in [0.2, 0.25) is 5.02 Å². The molecule has 2 bridgehead atoms. The summed E-state index contributed by atoms with van der Waals surface area (Å²) in [7, 11) is 0. The summed E-state index contributed by atoms with van der Waals surface area (Å²) < 4.78 is 5.79. The van der Waals surface area contributed by atoms with Crippen LogP contribution in [0.1, 0.15) is 43.2 Å². The highest BCUT2D eigenvalue weighted by Crippen LogP contribution is 2.50.